The Morgan fingerprint density at radius 1 is 1.40 bits per heavy atom. The third kappa shape index (κ3) is 5.72. The van der Waals surface area contributed by atoms with Crippen molar-refractivity contribution in [2.24, 2.45) is 5.92 Å². The van der Waals surface area contributed by atoms with Gasteiger partial charge >= 0.3 is 0 Å². The van der Waals surface area contributed by atoms with Crippen LogP contribution in [0.15, 0.2) is 18.2 Å². The predicted molar refractivity (Wildman–Crippen MR) is 102 cm³/mol. The molecular formula is C19H28ClN3O2. The number of aryl methyl sites for hydroxylation is 1. The summed E-state index contributed by atoms with van der Waals surface area (Å²) in [7, 11) is 1.77. The van der Waals surface area contributed by atoms with Crippen molar-refractivity contribution in [1.82, 2.24) is 9.80 Å². The molecule has 1 aromatic rings. The number of carbonyl (C=O) groups excluding carboxylic acids is 2. The van der Waals surface area contributed by atoms with Gasteiger partial charge in [-0.2, -0.15) is 0 Å². The van der Waals surface area contributed by atoms with Gasteiger partial charge in [0.05, 0.1) is 0 Å². The molecule has 0 radical (unpaired) electrons. The summed E-state index contributed by atoms with van der Waals surface area (Å²) in [6.45, 7) is 9.09. The summed E-state index contributed by atoms with van der Waals surface area (Å²) >= 11 is 6.05. The summed E-state index contributed by atoms with van der Waals surface area (Å²) < 4.78 is 0. The van der Waals surface area contributed by atoms with E-state index in [0.29, 0.717) is 29.2 Å². The Morgan fingerprint density at radius 2 is 2.12 bits per heavy atom. The third-order valence-corrected chi connectivity index (χ3v) is 5.18. The van der Waals surface area contributed by atoms with Crippen molar-refractivity contribution in [3.63, 3.8) is 0 Å². The fourth-order valence-electron chi connectivity index (χ4n) is 3.12. The van der Waals surface area contributed by atoms with E-state index in [1.54, 1.807) is 24.1 Å². The van der Waals surface area contributed by atoms with E-state index in [1.165, 1.54) is 0 Å². The third-order valence-electron chi connectivity index (χ3n) is 4.77. The second-order valence-corrected chi connectivity index (χ2v) is 7.61. The van der Waals surface area contributed by atoms with Crippen LogP contribution in [-0.4, -0.2) is 54.3 Å². The van der Waals surface area contributed by atoms with Crippen molar-refractivity contribution in [1.29, 1.82) is 0 Å². The van der Waals surface area contributed by atoms with Gasteiger partial charge in [0.25, 0.3) is 0 Å². The Morgan fingerprint density at radius 3 is 2.72 bits per heavy atom. The molecule has 0 spiro atoms. The number of nitrogens with zero attached hydrogens (tertiary/aromatic N) is 2. The van der Waals surface area contributed by atoms with Crippen molar-refractivity contribution >= 4 is 29.1 Å². The number of rotatable bonds is 6. The number of nitrogens with one attached hydrogen (secondary N) is 1. The Balaban J connectivity index is 1.80. The molecule has 1 aliphatic heterocycles. The van der Waals surface area contributed by atoms with E-state index < -0.39 is 0 Å². The minimum absolute atomic E-state index is 0.150. The molecule has 0 aromatic heterocycles. The van der Waals surface area contributed by atoms with Crippen molar-refractivity contribution < 1.29 is 9.59 Å². The lowest BCUT2D eigenvalue weighted by molar-refractivity contribution is -0.133. The van der Waals surface area contributed by atoms with Crippen LogP contribution in [0.3, 0.4) is 0 Å². The molecule has 1 aliphatic rings. The lowest BCUT2D eigenvalue weighted by Crippen LogP contribution is -2.36. The molecule has 0 saturated carbocycles. The Labute approximate surface area is 155 Å². The minimum atomic E-state index is -0.313. The molecule has 1 heterocycles. The first-order chi connectivity index (χ1) is 11.8. The SMILES string of the molecule is Cc1ccc(NC(=O)CC(=O)N(C)C[C@H]2CCN(C(C)C)C2)cc1Cl. The molecular weight excluding hydrogens is 338 g/mol. The molecule has 5 nitrogen and oxygen atoms in total. The van der Waals surface area contributed by atoms with Crippen molar-refractivity contribution in [3.8, 4) is 0 Å². The fraction of sp³-hybridized carbons (Fsp3) is 0.579. The van der Waals surface area contributed by atoms with Gasteiger partial charge in [0, 0.05) is 36.9 Å². The number of hydrogen-bond acceptors (Lipinski definition) is 3. The van der Waals surface area contributed by atoms with E-state index in [4.69, 9.17) is 11.6 Å². The first-order valence-electron chi connectivity index (χ1n) is 8.80. The van der Waals surface area contributed by atoms with E-state index in [0.717, 1.165) is 25.1 Å². The lowest BCUT2D eigenvalue weighted by atomic mass is 10.1. The average molecular weight is 366 g/mol. The Hall–Kier alpha value is -1.59. The molecule has 138 valence electrons. The number of halogens is 1. The van der Waals surface area contributed by atoms with Gasteiger partial charge in [-0.15, -0.1) is 0 Å². The van der Waals surface area contributed by atoms with Gasteiger partial charge in [0.2, 0.25) is 11.8 Å². The van der Waals surface area contributed by atoms with Crippen LogP contribution in [0.25, 0.3) is 0 Å². The van der Waals surface area contributed by atoms with Crippen LogP contribution in [0.5, 0.6) is 0 Å². The highest BCUT2D eigenvalue weighted by atomic mass is 35.5. The van der Waals surface area contributed by atoms with E-state index >= 15 is 0 Å². The molecule has 1 fully saturated rings. The van der Waals surface area contributed by atoms with Gasteiger partial charge in [-0.25, -0.2) is 0 Å². The lowest BCUT2D eigenvalue weighted by Gasteiger charge is -2.23. The van der Waals surface area contributed by atoms with Crippen LogP contribution in [-0.2, 0) is 9.59 Å². The maximum Gasteiger partial charge on any atom is 0.233 e. The molecule has 1 atom stereocenters. The van der Waals surface area contributed by atoms with Crippen LogP contribution < -0.4 is 5.32 Å². The fourth-order valence-corrected chi connectivity index (χ4v) is 3.30. The average Bonchev–Trinajstić information content (AvgIpc) is 2.99. The zero-order valence-corrected chi connectivity index (χ0v) is 16.3. The molecule has 1 aromatic carbocycles. The molecule has 0 bridgehead atoms. The summed E-state index contributed by atoms with van der Waals surface area (Å²) in [4.78, 5) is 28.5. The summed E-state index contributed by atoms with van der Waals surface area (Å²) in [5, 5.41) is 3.33. The number of carbonyl (C=O) groups is 2. The highest BCUT2D eigenvalue weighted by Crippen LogP contribution is 2.21. The molecule has 0 aliphatic carbocycles. The van der Waals surface area contributed by atoms with Crippen LogP contribution in [0, 0.1) is 12.8 Å². The van der Waals surface area contributed by atoms with E-state index in [1.807, 2.05) is 13.0 Å². The zero-order chi connectivity index (χ0) is 18.6. The maximum absolute atomic E-state index is 12.3. The number of hydrogen-bond donors (Lipinski definition) is 1. The largest absolute Gasteiger partial charge is 0.345 e. The Bertz CT molecular complexity index is 633. The molecule has 0 unspecified atom stereocenters. The van der Waals surface area contributed by atoms with E-state index in [-0.39, 0.29) is 18.2 Å². The highest BCUT2D eigenvalue weighted by Gasteiger charge is 2.26. The standard InChI is InChI=1S/C19H28ClN3O2/c1-13(2)23-8-7-15(12-23)11-22(4)19(25)10-18(24)21-16-6-5-14(3)17(20)9-16/h5-6,9,13,15H,7-8,10-12H2,1-4H3,(H,21,24)/t15-/m1/s1. The normalized spacial score (nSPS) is 17.8. The van der Waals surface area contributed by atoms with Crippen LogP contribution in [0.1, 0.15) is 32.3 Å². The van der Waals surface area contributed by atoms with Gasteiger partial charge in [-0.3, -0.25) is 9.59 Å². The highest BCUT2D eigenvalue weighted by molar-refractivity contribution is 6.31. The summed E-state index contributed by atoms with van der Waals surface area (Å²) in [5.74, 6) is 0.0148. The second kappa shape index (κ2) is 8.68. The van der Waals surface area contributed by atoms with Crippen molar-refractivity contribution in [3.05, 3.63) is 28.8 Å². The van der Waals surface area contributed by atoms with Crippen molar-refractivity contribution in [2.75, 3.05) is 32.0 Å². The zero-order valence-electron chi connectivity index (χ0n) is 15.5. The maximum atomic E-state index is 12.3. The molecule has 2 amide bonds. The quantitative estimate of drug-likeness (QED) is 0.788. The molecule has 6 heteroatoms. The number of likely N-dealkylation sites (tertiary alicyclic amines) is 1. The molecule has 2 rings (SSSR count). The smallest absolute Gasteiger partial charge is 0.233 e. The Kier molecular flexibility index (Phi) is 6.85. The molecule has 25 heavy (non-hydrogen) atoms. The monoisotopic (exact) mass is 365 g/mol. The number of amides is 2. The first kappa shape index (κ1) is 19.7. The second-order valence-electron chi connectivity index (χ2n) is 7.21. The predicted octanol–water partition coefficient (Wildman–Crippen LogP) is 3.17. The first-order valence-corrected chi connectivity index (χ1v) is 9.18. The molecule has 1 N–H and O–H groups in total. The van der Waals surface area contributed by atoms with Gasteiger partial charge < -0.3 is 15.1 Å². The van der Waals surface area contributed by atoms with Gasteiger partial charge in [-0.05, 0) is 57.4 Å². The number of benzene rings is 1. The minimum Gasteiger partial charge on any atom is -0.345 e. The summed E-state index contributed by atoms with van der Waals surface area (Å²) in [5.41, 5.74) is 1.56. The summed E-state index contributed by atoms with van der Waals surface area (Å²) in [6, 6.07) is 5.86. The van der Waals surface area contributed by atoms with Gasteiger partial charge in [0.1, 0.15) is 6.42 Å². The molecule has 1 saturated heterocycles. The van der Waals surface area contributed by atoms with Crippen LogP contribution in [0.2, 0.25) is 5.02 Å². The van der Waals surface area contributed by atoms with E-state index in [2.05, 4.69) is 24.1 Å². The van der Waals surface area contributed by atoms with Crippen LogP contribution >= 0.6 is 11.6 Å². The van der Waals surface area contributed by atoms with E-state index in [9.17, 15) is 9.59 Å². The topological polar surface area (TPSA) is 52.7 Å². The van der Waals surface area contributed by atoms with Crippen LogP contribution in [0.4, 0.5) is 5.69 Å². The number of anilines is 1. The summed E-state index contributed by atoms with van der Waals surface area (Å²) in [6.07, 6.45) is 0.951. The van der Waals surface area contributed by atoms with Gasteiger partial charge in [-0.1, -0.05) is 17.7 Å². The van der Waals surface area contributed by atoms with Crippen molar-refractivity contribution in [2.45, 2.75) is 39.7 Å². The van der Waals surface area contributed by atoms with Gasteiger partial charge in [0.15, 0.2) is 0 Å².